The second-order valence-electron chi connectivity index (χ2n) is 3.62. The second-order valence-corrected chi connectivity index (χ2v) is 3.62. The van der Waals surface area contributed by atoms with E-state index < -0.39 is 0 Å². The molecule has 0 unspecified atom stereocenters. The third-order valence-electron chi connectivity index (χ3n) is 2.60. The van der Waals surface area contributed by atoms with Gasteiger partial charge in [0, 0.05) is 26.0 Å². The molecule has 3 nitrogen and oxygen atoms in total. The van der Waals surface area contributed by atoms with Crippen LogP contribution in [0.25, 0.3) is 0 Å². The van der Waals surface area contributed by atoms with Gasteiger partial charge in [0.15, 0.2) is 0 Å². The molecule has 0 aliphatic heterocycles. The molecule has 3 heteroatoms. The van der Waals surface area contributed by atoms with Crippen molar-refractivity contribution in [1.82, 2.24) is 4.57 Å². The Morgan fingerprint density at radius 2 is 2.27 bits per heavy atom. The van der Waals surface area contributed by atoms with Crippen LogP contribution in [0.5, 0.6) is 0 Å². The van der Waals surface area contributed by atoms with E-state index in [1.54, 1.807) is 7.11 Å². The van der Waals surface area contributed by atoms with Crippen LogP contribution in [0, 0.1) is 18.3 Å². The fourth-order valence-electron chi connectivity index (χ4n) is 1.80. The minimum atomic E-state index is 0.740. The Morgan fingerprint density at radius 1 is 1.53 bits per heavy atom. The molecule has 0 aliphatic carbocycles. The zero-order valence-corrected chi connectivity index (χ0v) is 9.71. The zero-order valence-electron chi connectivity index (χ0n) is 9.71. The van der Waals surface area contributed by atoms with E-state index in [0.717, 1.165) is 37.3 Å². The predicted octanol–water partition coefficient (Wildman–Crippen LogP) is 2.27. The van der Waals surface area contributed by atoms with E-state index in [1.807, 2.05) is 6.92 Å². The molecule has 0 N–H and O–H groups in total. The first-order valence-electron chi connectivity index (χ1n) is 5.32. The molecule has 0 radical (unpaired) electrons. The van der Waals surface area contributed by atoms with Crippen LogP contribution in [-0.4, -0.2) is 18.3 Å². The van der Waals surface area contributed by atoms with Crippen LogP contribution in [0.3, 0.4) is 0 Å². The van der Waals surface area contributed by atoms with Gasteiger partial charge in [-0.3, -0.25) is 0 Å². The number of methoxy groups -OCH3 is 1. The number of hydrogen-bond acceptors (Lipinski definition) is 2. The Hall–Kier alpha value is -1.27. The largest absolute Gasteiger partial charge is 0.385 e. The van der Waals surface area contributed by atoms with E-state index in [-0.39, 0.29) is 0 Å². The van der Waals surface area contributed by atoms with E-state index in [1.165, 1.54) is 5.69 Å². The molecule has 0 fully saturated rings. The first kappa shape index (κ1) is 11.8. The van der Waals surface area contributed by atoms with Crippen molar-refractivity contribution in [2.45, 2.75) is 33.2 Å². The van der Waals surface area contributed by atoms with Crippen LogP contribution in [0.15, 0.2) is 6.07 Å². The van der Waals surface area contributed by atoms with Gasteiger partial charge in [-0.1, -0.05) is 6.92 Å². The molecule has 1 aromatic heterocycles. The number of nitriles is 1. The molecule has 0 amide bonds. The van der Waals surface area contributed by atoms with E-state index in [2.05, 4.69) is 23.6 Å². The van der Waals surface area contributed by atoms with E-state index in [4.69, 9.17) is 10.00 Å². The summed E-state index contributed by atoms with van der Waals surface area (Å²) >= 11 is 0. The molecule has 0 aromatic carbocycles. The van der Waals surface area contributed by atoms with Crippen molar-refractivity contribution in [1.29, 1.82) is 5.26 Å². The Labute approximate surface area is 91.3 Å². The first-order valence-corrected chi connectivity index (χ1v) is 5.32. The van der Waals surface area contributed by atoms with Crippen molar-refractivity contribution in [3.05, 3.63) is 23.0 Å². The predicted molar refractivity (Wildman–Crippen MR) is 59.8 cm³/mol. The molecular formula is C12H18N2O. The Morgan fingerprint density at radius 3 is 2.80 bits per heavy atom. The Bertz CT molecular complexity index is 360. The minimum absolute atomic E-state index is 0.740. The van der Waals surface area contributed by atoms with E-state index in [0.29, 0.717) is 0 Å². The fraction of sp³-hybridized carbons (Fsp3) is 0.583. The molecule has 15 heavy (non-hydrogen) atoms. The van der Waals surface area contributed by atoms with Crippen LogP contribution >= 0.6 is 0 Å². The van der Waals surface area contributed by atoms with Crippen molar-refractivity contribution in [3.8, 4) is 6.07 Å². The van der Waals surface area contributed by atoms with Gasteiger partial charge in [-0.05, 0) is 31.4 Å². The molecular weight excluding hydrogens is 188 g/mol. The van der Waals surface area contributed by atoms with Crippen LogP contribution in [0.1, 0.15) is 30.3 Å². The monoisotopic (exact) mass is 206 g/mol. The van der Waals surface area contributed by atoms with E-state index >= 15 is 0 Å². The Kier molecular flexibility index (Phi) is 4.38. The topological polar surface area (TPSA) is 38.0 Å². The smallest absolute Gasteiger partial charge is 0.123 e. The molecule has 1 rings (SSSR count). The summed E-state index contributed by atoms with van der Waals surface area (Å²) in [5.74, 6) is 0. The van der Waals surface area contributed by atoms with Gasteiger partial charge in [-0.15, -0.1) is 0 Å². The van der Waals surface area contributed by atoms with Crippen molar-refractivity contribution in [3.63, 3.8) is 0 Å². The van der Waals surface area contributed by atoms with Crippen LogP contribution < -0.4 is 0 Å². The number of aryl methyl sites for hydroxylation is 2. The Balaban J connectivity index is 2.86. The lowest BCUT2D eigenvalue weighted by molar-refractivity contribution is 0.190. The van der Waals surface area contributed by atoms with Gasteiger partial charge >= 0.3 is 0 Å². The number of nitrogens with zero attached hydrogens (tertiary/aromatic N) is 2. The molecule has 0 atom stereocenters. The lowest BCUT2D eigenvalue weighted by Gasteiger charge is -2.07. The van der Waals surface area contributed by atoms with Crippen molar-refractivity contribution in [2.75, 3.05) is 13.7 Å². The summed E-state index contributed by atoms with van der Waals surface area (Å²) in [7, 11) is 1.70. The average Bonchev–Trinajstić information content (AvgIpc) is 2.55. The minimum Gasteiger partial charge on any atom is -0.385 e. The van der Waals surface area contributed by atoms with Crippen LogP contribution in [0.4, 0.5) is 0 Å². The van der Waals surface area contributed by atoms with Gasteiger partial charge in [-0.2, -0.15) is 5.26 Å². The second kappa shape index (κ2) is 5.57. The number of ether oxygens (including phenoxy) is 1. The molecule has 1 heterocycles. The maximum absolute atomic E-state index is 9.10. The third-order valence-corrected chi connectivity index (χ3v) is 2.60. The summed E-state index contributed by atoms with van der Waals surface area (Å²) in [6.07, 6.45) is 1.87. The molecule has 0 saturated heterocycles. The van der Waals surface area contributed by atoms with Gasteiger partial charge in [0.2, 0.25) is 0 Å². The highest BCUT2D eigenvalue weighted by atomic mass is 16.5. The van der Waals surface area contributed by atoms with Crippen molar-refractivity contribution < 1.29 is 4.74 Å². The molecule has 0 spiro atoms. The summed E-state index contributed by atoms with van der Waals surface area (Å²) in [4.78, 5) is 0. The number of hydrogen-bond donors (Lipinski definition) is 0. The zero-order chi connectivity index (χ0) is 11.3. The van der Waals surface area contributed by atoms with Gasteiger partial charge in [-0.25, -0.2) is 0 Å². The van der Waals surface area contributed by atoms with Gasteiger partial charge in [0.25, 0.3) is 0 Å². The van der Waals surface area contributed by atoms with Crippen molar-refractivity contribution >= 4 is 0 Å². The molecule has 0 bridgehead atoms. The SMILES string of the molecule is CCc1cc(C)n(CCCOC)c1C#N. The summed E-state index contributed by atoms with van der Waals surface area (Å²) in [6.45, 7) is 5.73. The molecule has 1 aromatic rings. The summed E-state index contributed by atoms with van der Waals surface area (Å²) in [5.41, 5.74) is 3.12. The summed E-state index contributed by atoms with van der Waals surface area (Å²) in [5, 5.41) is 9.10. The van der Waals surface area contributed by atoms with E-state index in [9.17, 15) is 0 Å². The molecule has 0 saturated carbocycles. The van der Waals surface area contributed by atoms with Crippen molar-refractivity contribution in [2.24, 2.45) is 0 Å². The average molecular weight is 206 g/mol. The van der Waals surface area contributed by atoms with Gasteiger partial charge in [0.05, 0.1) is 0 Å². The highest BCUT2D eigenvalue weighted by Crippen LogP contribution is 2.16. The number of aromatic nitrogens is 1. The summed E-state index contributed by atoms with van der Waals surface area (Å²) < 4.78 is 7.10. The maximum Gasteiger partial charge on any atom is 0.123 e. The number of rotatable bonds is 5. The first-order chi connectivity index (χ1) is 7.24. The van der Waals surface area contributed by atoms with Gasteiger partial charge < -0.3 is 9.30 Å². The highest BCUT2D eigenvalue weighted by molar-refractivity contribution is 5.36. The third kappa shape index (κ3) is 2.60. The lowest BCUT2D eigenvalue weighted by Crippen LogP contribution is -2.05. The fourth-order valence-corrected chi connectivity index (χ4v) is 1.80. The highest BCUT2D eigenvalue weighted by Gasteiger charge is 2.10. The normalized spacial score (nSPS) is 10.3. The summed E-state index contributed by atoms with van der Waals surface area (Å²) in [6, 6.07) is 4.39. The maximum atomic E-state index is 9.10. The lowest BCUT2D eigenvalue weighted by atomic mass is 10.2. The standard InChI is InChI=1S/C12H18N2O/c1-4-11-8-10(2)14(12(11)9-13)6-5-7-15-3/h8H,4-7H2,1-3H3. The van der Waals surface area contributed by atoms with Crippen LogP contribution in [0.2, 0.25) is 0 Å². The molecule has 0 aliphatic rings. The quantitative estimate of drug-likeness (QED) is 0.693. The van der Waals surface area contributed by atoms with Crippen LogP contribution in [-0.2, 0) is 17.7 Å². The molecule has 82 valence electrons. The van der Waals surface area contributed by atoms with Gasteiger partial charge in [0.1, 0.15) is 11.8 Å².